The average molecular weight is 187 g/mol. The second-order valence-electron chi connectivity index (χ2n) is 3.01. The highest BCUT2D eigenvalue weighted by Gasteiger charge is 2.20. The standard InChI is InChI=1S/C8H11F2N3/c1-6-3-11-7(12-4-6)13-5-8(2,9)10/h3-4H,5H2,1-2H3,(H,11,12,13). The first-order valence-corrected chi connectivity index (χ1v) is 3.88. The fourth-order valence-corrected chi connectivity index (χ4v) is 0.718. The Balaban J connectivity index is 2.51. The smallest absolute Gasteiger partial charge is 0.262 e. The van der Waals surface area contributed by atoms with Crippen molar-refractivity contribution in [3.63, 3.8) is 0 Å². The number of hydrogen-bond acceptors (Lipinski definition) is 3. The molecule has 0 aliphatic heterocycles. The number of halogens is 2. The van der Waals surface area contributed by atoms with Crippen LogP contribution in [0.25, 0.3) is 0 Å². The Bertz CT molecular complexity index is 266. The molecule has 0 saturated heterocycles. The molecular weight excluding hydrogens is 176 g/mol. The molecule has 1 rings (SSSR count). The third kappa shape index (κ3) is 3.78. The first-order chi connectivity index (χ1) is 5.97. The molecule has 0 bridgehead atoms. The third-order valence-corrected chi connectivity index (χ3v) is 1.34. The van der Waals surface area contributed by atoms with E-state index in [1.165, 1.54) is 0 Å². The van der Waals surface area contributed by atoms with E-state index in [9.17, 15) is 8.78 Å². The van der Waals surface area contributed by atoms with E-state index in [2.05, 4.69) is 15.3 Å². The van der Waals surface area contributed by atoms with Crippen LogP contribution in [0.3, 0.4) is 0 Å². The molecule has 1 aromatic rings. The van der Waals surface area contributed by atoms with Crippen LogP contribution < -0.4 is 5.32 Å². The third-order valence-electron chi connectivity index (χ3n) is 1.34. The summed E-state index contributed by atoms with van der Waals surface area (Å²) >= 11 is 0. The van der Waals surface area contributed by atoms with Crippen molar-refractivity contribution >= 4 is 5.95 Å². The molecule has 5 heteroatoms. The predicted molar refractivity (Wildman–Crippen MR) is 45.9 cm³/mol. The molecule has 0 aliphatic carbocycles. The molecule has 0 atom stereocenters. The van der Waals surface area contributed by atoms with Gasteiger partial charge in [0.15, 0.2) is 0 Å². The highest BCUT2D eigenvalue weighted by Crippen LogP contribution is 2.11. The first-order valence-electron chi connectivity index (χ1n) is 3.88. The van der Waals surface area contributed by atoms with E-state index < -0.39 is 12.5 Å². The van der Waals surface area contributed by atoms with Gasteiger partial charge in [-0.3, -0.25) is 0 Å². The number of aryl methyl sites for hydroxylation is 1. The lowest BCUT2D eigenvalue weighted by molar-refractivity contribution is 0.0366. The predicted octanol–water partition coefficient (Wildman–Crippen LogP) is 1.85. The summed E-state index contributed by atoms with van der Waals surface area (Å²) in [4.78, 5) is 7.65. The summed E-state index contributed by atoms with van der Waals surface area (Å²) in [7, 11) is 0. The van der Waals surface area contributed by atoms with Gasteiger partial charge in [0, 0.05) is 19.3 Å². The minimum Gasteiger partial charge on any atom is -0.348 e. The molecule has 0 saturated carbocycles. The van der Waals surface area contributed by atoms with E-state index in [-0.39, 0.29) is 5.95 Å². The van der Waals surface area contributed by atoms with Crippen molar-refractivity contribution in [2.24, 2.45) is 0 Å². The molecule has 1 aromatic heterocycles. The van der Waals surface area contributed by atoms with Gasteiger partial charge in [-0.1, -0.05) is 0 Å². The number of aromatic nitrogens is 2. The molecule has 13 heavy (non-hydrogen) atoms. The lowest BCUT2D eigenvalue weighted by atomic mass is 10.4. The number of nitrogens with one attached hydrogen (secondary N) is 1. The summed E-state index contributed by atoms with van der Waals surface area (Å²) in [5, 5.41) is 2.44. The van der Waals surface area contributed by atoms with Gasteiger partial charge in [0.05, 0.1) is 6.54 Å². The van der Waals surface area contributed by atoms with Gasteiger partial charge >= 0.3 is 0 Å². The topological polar surface area (TPSA) is 37.8 Å². The fourth-order valence-electron chi connectivity index (χ4n) is 0.718. The van der Waals surface area contributed by atoms with Crippen LogP contribution in [0.5, 0.6) is 0 Å². The van der Waals surface area contributed by atoms with Crippen LogP contribution in [0.4, 0.5) is 14.7 Å². The van der Waals surface area contributed by atoms with E-state index in [0.29, 0.717) is 0 Å². The van der Waals surface area contributed by atoms with Crippen LogP contribution in [0.15, 0.2) is 12.4 Å². The quantitative estimate of drug-likeness (QED) is 0.784. The van der Waals surface area contributed by atoms with Gasteiger partial charge in [0.1, 0.15) is 0 Å². The summed E-state index contributed by atoms with van der Waals surface area (Å²) in [5.41, 5.74) is 0.897. The SMILES string of the molecule is Cc1cnc(NCC(C)(F)F)nc1. The number of rotatable bonds is 3. The summed E-state index contributed by atoms with van der Waals surface area (Å²) in [5.74, 6) is -2.51. The summed E-state index contributed by atoms with van der Waals surface area (Å²) in [6.07, 6.45) is 3.15. The molecule has 0 aliphatic rings. The Morgan fingerprint density at radius 1 is 1.38 bits per heavy atom. The van der Waals surface area contributed by atoms with Gasteiger partial charge in [-0.15, -0.1) is 0 Å². The highest BCUT2D eigenvalue weighted by atomic mass is 19.3. The fraction of sp³-hybridized carbons (Fsp3) is 0.500. The van der Waals surface area contributed by atoms with Crippen molar-refractivity contribution in [3.05, 3.63) is 18.0 Å². The van der Waals surface area contributed by atoms with Crippen molar-refractivity contribution in [3.8, 4) is 0 Å². The second kappa shape index (κ2) is 3.64. The molecule has 0 fully saturated rings. The molecule has 0 spiro atoms. The lowest BCUT2D eigenvalue weighted by Gasteiger charge is -2.10. The minimum absolute atomic E-state index is 0.229. The van der Waals surface area contributed by atoms with E-state index in [1.807, 2.05) is 6.92 Å². The Morgan fingerprint density at radius 3 is 2.38 bits per heavy atom. The van der Waals surface area contributed by atoms with Crippen LogP contribution in [-0.2, 0) is 0 Å². The minimum atomic E-state index is -2.74. The maximum atomic E-state index is 12.4. The van der Waals surface area contributed by atoms with E-state index in [4.69, 9.17) is 0 Å². The molecule has 0 radical (unpaired) electrons. The van der Waals surface area contributed by atoms with E-state index in [1.54, 1.807) is 12.4 Å². The second-order valence-corrected chi connectivity index (χ2v) is 3.01. The maximum Gasteiger partial charge on any atom is 0.262 e. The van der Waals surface area contributed by atoms with Crippen molar-refractivity contribution in [2.75, 3.05) is 11.9 Å². The monoisotopic (exact) mass is 187 g/mol. The van der Waals surface area contributed by atoms with E-state index in [0.717, 1.165) is 12.5 Å². The molecule has 0 amide bonds. The molecule has 0 unspecified atom stereocenters. The summed E-state index contributed by atoms with van der Waals surface area (Å²) < 4.78 is 24.7. The Labute approximate surface area is 75.2 Å². The first kappa shape index (κ1) is 9.83. The number of hydrogen-bond donors (Lipinski definition) is 1. The van der Waals surface area contributed by atoms with Gasteiger partial charge in [0.25, 0.3) is 5.92 Å². The zero-order valence-corrected chi connectivity index (χ0v) is 7.51. The number of alkyl halides is 2. The van der Waals surface area contributed by atoms with Crippen LogP contribution in [0, 0.1) is 6.92 Å². The zero-order chi connectivity index (χ0) is 9.90. The van der Waals surface area contributed by atoms with Gasteiger partial charge in [0.2, 0.25) is 5.95 Å². The maximum absolute atomic E-state index is 12.4. The molecule has 72 valence electrons. The Hall–Kier alpha value is -1.26. The number of anilines is 1. The molecule has 0 aromatic carbocycles. The van der Waals surface area contributed by atoms with Gasteiger partial charge < -0.3 is 5.32 Å². The van der Waals surface area contributed by atoms with E-state index >= 15 is 0 Å². The van der Waals surface area contributed by atoms with Crippen molar-refractivity contribution in [2.45, 2.75) is 19.8 Å². The van der Waals surface area contributed by atoms with Gasteiger partial charge in [-0.25, -0.2) is 18.7 Å². The number of nitrogens with zero attached hydrogens (tertiary/aromatic N) is 2. The normalized spacial score (nSPS) is 11.4. The van der Waals surface area contributed by atoms with Crippen molar-refractivity contribution in [1.82, 2.24) is 9.97 Å². The summed E-state index contributed by atoms with van der Waals surface area (Å²) in [6.45, 7) is 2.22. The largest absolute Gasteiger partial charge is 0.348 e. The van der Waals surface area contributed by atoms with Crippen molar-refractivity contribution in [1.29, 1.82) is 0 Å². The Morgan fingerprint density at radius 2 is 1.92 bits per heavy atom. The molecule has 1 N–H and O–H groups in total. The Kier molecular flexibility index (Phi) is 2.75. The average Bonchev–Trinajstić information content (AvgIpc) is 2.02. The van der Waals surface area contributed by atoms with Crippen LogP contribution in [0.1, 0.15) is 12.5 Å². The van der Waals surface area contributed by atoms with Gasteiger partial charge in [-0.2, -0.15) is 0 Å². The van der Waals surface area contributed by atoms with Crippen LogP contribution >= 0.6 is 0 Å². The highest BCUT2D eigenvalue weighted by molar-refractivity contribution is 5.24. The molecular formula is C8H11F2N3. The lowest BCUT2D eigenvalue weighted by Crippen LogP contribution is -2.23. The molecule has 3 nitrogen and oxygen atoms in total. The van der Waals surface area contributed by atoms with Crippen LogP contribution in [0.2, 0.25) is 0 Å². The molecule has 1 heterocycles. The zero-order valence-electron chi connectivity index (χ0n) is 7.51. The summed E-state index contributed by atoms with van der Waals surface area (Å²) in [6, 6.07) is 0. The van der Waals surface area contributed by atoms with Crippen LogP contribution in [-0.4, -0.2) is 22.4 Å². The van der Waals surface area contributed by atoms with Crippen molar-refractivity contribution < 1.29 is 8.78 Å². The van der Waals surface area contributed by atoms with Gasteiger partial charge in [-0.05, 0) is 12.5 Å².